The van der Waals surface area contributed by atoms with E-state index in [2.05, 4.69) is 66.7 Å². The fourth-order valence-electron chi connectivity index (χ4n) is 10.1. The van der Waals surface area contributed by atoms with Crippen LogP contribution in [0.2, 0.25) is 0 Å². The molecule has 0 amide bonds. The number of hydrogen-bond donors (Lipinski definition) is 0. The van der Waals surface area contributed by atoms with Gasteiger partial charge in [-0.15, -0.1) is 0 Å². The van der Waals surface area contributed by atoms with E-state index in [4.69, 9.17) is 15.0 Å². The highest BCUT2D eigenvalue weighted by Crippen LogP contribution is 2.73. The first kappa shape index (κ1) is 26.8. The molecule has 0 saturated heterocycles. The van der Waals surface area contributed by atoms with Crippen molar-refractivity contribution in [2.75, 3.05) is 0 Å². The van der Waals surface area contributed by atoms with Gasteiger partial charge in [0.2, 0.25) is 0 Å². The maximum absolute atomic E-state index is 10.4. The van der Waals surface area contributed by atoms with Crippen molar-refractivity contribution < 1.29 is 0 Å². The van der Waals surface area contributed by atoms with Gasteiger partial charge in [-0.2, -0.15) is 5.26 Å². The van der Waals surface area contributed by atoms with Crippen molar-refractivity contribution in [2.45, 2.75) is 31.1 Å². The van der Waals surface area contributed by atoms with Crippen LogP contribution < -0.4 is 0 Å². The fourth-order valence-corrected chi connectivity index (χ4v) is 10.1. The number of rotatable bonds is 4. The Kier molecular flexibility index (Phi) is 5.73. The molecule has 5 unspecified atom stereocenters. The van der Waals surface area contributed by atoms with Crippen LogP contribution in [0.4, 0.5) is 0 Å². The molecule has 0 N–H and O–H groups in total. The number of nitriles is 1. The van der Waals surface area contributed by atoms with Crippen LogP contribution in [-0.4, -0.2) is 15.0 Å². The normalized spacial score (nSPS) is 24.3. The molecule has 1 heterocycles. The number of hydrogen-bond acceptors (Lipinski definition) is 4. The van der Waals surface area contributed by atoms with E-state index in [1.54, 1.807) is 0 Å². The van der Waals surface area contributed by atoms with E-state index in [0.29, 0.717) is 29.3 Å². The van der Waals surface area contributed by atoms with Crippen molar-refractivity contribution >= 4 is 0 Å². The summed E-state index contributed by atoms with van der Waals surface area (Å²) >= 11 is 0. The second kappa shape index (κ2) is 10.0. The van der Waals surface area contributed by atoms with Gasteiger partial charge in [0.25, 0.3) is 0 Å². The molecule has 1 aromatic heterocycles. The lowest BCUT2D eigenvalue weighted by atomic mass is 9.58. The lowest BCUT2D eigenvalue weighted by Gasteiger charge is -2.44. The predicted octanol–water partition coefficient (Wildman–Crippen LogP) is 9.74. The highest BCUT2D eigenvalue weighted by atomic mass is 15.0. The maximum atomic E-state index is 10.4. The molecule has 4 bridgehead atoms. The van der Waals surface area contributed by atoms with Crippen LogP contribution in [0.15, 0.2) is 121 Å². The second-order valence-corrected chi connectivity index (χ2v) is 14.0. The summed E-state index contributed by atoms with van der Waals surface area (Å²) in [6, 6.07) is 45.0. The predicted molar refractivity (Wildman–Crippen MR) is 185 cm³/mol. The molecule has 47 heavy (non-hydrogen) atoms. The Morgan fingerprint density at radius 2 is 1.19 bits per heavy atom. The van der Waals surface area contributed by atoms with Crippen LogP contribution in [0, 0.1) is 35.0 Å². The first-order valence-electron chi connectivity index (χ1n) is 16.9. The summed E-state index contributed by atoms with van der Waals surface area (Å²) in [5.74, 6) is 4.86. The van der Waals surface area contributed by atoms with E-state index in [9.17, 15) is 5.26 Å². The Balaban J connectivity index is 1.12. The largest absolute Gasteiger partial charge is 0.208 e. The Morgan fingerprint density at radius 1 is 0.553 bits per heavy atom. The van der Waals surface area contributed by atoms with Crippen molar-refractivity contribution in [3.05, 3.63) is 138 Å². The molecule has 4 heteroatoms. The topological polar surface area (TPSA) is 62.5 Å². The highest BCUT2D eigenvalue weighted by molar-refractivity contribution is 5.87. The quantitative estimate of drug-likeness (QED) is 0.201. The third kappa shape index (κ3) is 3.83. The molecule has 5 aromatic carbocycles. The molecule has 5 aliphatic carbocycles. The van der Waals surface area contributed by atoms with Crippen molar-refractivity contribution in [3.63, 3.8) is 0 Å². The van der Waals surface area contributed by atoms with Gasteiger partial charge in [-0.3, -0.25) is 0 Å². The SMILES string of the molecule is N#Cc1cccc2c1C1(c3cc(-c4cccc(-c5nc(-c6ccccc6)nc(-c6ccccc6)n5)c4)ccc3-2)C2CC3CC(C2)C1C3. The summed E-state index contributed by atoms with van der Waals surface area (Å²) < 4.78 is 0. The van der Waals surface area contributed by atoms with Gasteiger partial charge in [-0.1, -0.05) is 103 Å². The van der Waals surface area contributed by atoms with Gasteiger partial charge in [0.05, 0.1) is 11.6 Å². The Labute approximate surface area is 274 Å². The zero-order valence-electron chi connectivity index (χ0n) is 26.0. The minimum atomic E-state index is -0.0499. The first-order chi connectivity index (χ1) is 23.2. The van der Waals surface area contributed by atoms with Gasteiger partial charge in [0.1, 0.15) is 0 Å². The third-order valence-electron chi connectivity index (χ3n) is 11.7. The molecule has 5 aliphatic rings. The van der Waals surface area contributed by atoms with Crippen molar-refractivity contribution in [1.29, 1.82) is 5.26 Å². The van der Waals surface area contributed by atoms with Crippen molar-refractivity contribution in [3.8, 4) is 62.5 Å². The van der Waals surface area contributed by atoms with Gasteiger partial charge in [0.15, 0.2) is 17.5 Å². The molecule has 1 spiro atoms. The number of fused-ring (bicyclic) bond motifs is 3. The minimum absolute atomic E-state index is 0.0499. The standard InChI is InChI=1S/C43H32N4/c44-25-32-15-8-16-36-35-18-17-30(24-38(35)43(39(32)36)34-20-26-19-33(23-34)37(43)21-26)29-13-7-14-31(22-29)42-46-40(27-9-3-1-4-10-27)45-41(47-42)28-11-5-2-6-12-28/h1-18,22,24,26,33-34,37H,19-21,23H2. The van der Waals surface area contributed by atoms with E-state index >= 15 is 0 Å². The summed E-state index contributed by atoms with van der Waals surface area (Å²) in [4.78, 5) is 14.9. The van der Waals surface area contributed by atoms with Gasteiger partial charge >= 0.3 is 0 Å². The average molecular weight is 605 g/mol. The molecule has 4 saturated carbocycles. The van der Waals surface area contributed by atoms with Crippen LogP contribution in [0.5, 0.6) is 0 Å². The summed E-state index contributed by atoms with van der Waals surface area (Å²) in [5, 5.41) is 10.4. The Bertz CT molecular complexity index is 2190. The van der Waals surface area contributed by atoms with E-state index in [0.717, 1.165) is 39.7 Å². The molecule has 4 nitrogen and oxygen atoms in total. The molecule has 4 fully saturated rings. The van der Waals surface area contributed by atoms with Gasteiger partial charge in [-0.05, 0) is 101 Å². The lowest BCUT2D eigenvalue weighted by molar-refractivity contribution is 0.190. The maximum Gasteiger partial charge on any atom is 0.164 e. The Morgan fingerprint density at radius 3 is 1.89 bits per heavy atom. The number of aromatic nitrogens is 3. The third-order valence-corrected chi connectivity index (χ3v) is 11.7. The number of nitrogens with zero attached hydrogens (tertiary/aromatic N) is 4. The van der Waals surface area contributed by atoms with Crippen LogP contribution in [0.3, 0.4) is 0 Å². The van der Waals surface area contributed by atoms with Crippen molar-refractivity contribution in [2.24, 2.45) is 23.7 Å². The van der Waals surface area contributed by atoms with Crippen LogP contribution in [0.25, 0.3) is 56.4 Å². The van der Waals surface area contributed by atoms with Crippen LogP contribution in [0.1, 0.15) is 42.4 Å². The second-order valence-electron chi connectivity index (χ2n) is 14.0. The number of benzene rings is 5. The first-order valence-corrected chi connectivity index (χ1v) is 16.9. The minimum Gasteiger partial charge on any atom is -0.208 e. The van der Waals surface area contributed by atoms with E-state index in [-0.39, 0.29) is 5.41 Å². The summed E-state index contributed by atoms with van der Waals surface area (Å²) in [6.07, 6.45) is 5.25. The van der Waals surface area contributed by atoms with E-state index in [1.807, 2.05) is 60.7 Å². The highest BCUT2D eigenvalue weighted by Gasteiger charge is 2.66. The summed E-state index contributed by atoms with van der Waals surface area (Å²) in [6.45, 7) is 0. The van der Waals surface area contributed by atoms with E-state index in [1.165, 1.54) is 53.5 Å². The van der Waals surface area contributed by atoms with Gasteiger partial charge < -0.3 is 0 Å². The molecule has 0 radical (unpaired) electrons. The Hall–Kier alpha value is -5.40. The average Bonchev–Trinajstić information content (AvgIpc) is 3.69. The molecular formula is C43H32N4. The fraction of sp³-hybridized carbons (Fsp3) is 0.209. The molecule has 224 valence electrons. The molecule has 0 aliphatic heterocycles. The van der Waals surface area contributed by atoms with Crippen LogP contribution >= 0.6 is 0 Å². The summed E-state index contributed by atoms with van der Waals surface area (Å²) in [7, 11) is 0. The van der Waals surface area contributed by atoms with Crippen molar-refractivity contribution in [1.82, 2.24) is 15.0 Å². The zero-order valence-corrected chi connectivity index (χ0v) is 26.0. The molecule has 5 atom stereocenters. The van der Waals surface area contributed by atoms with E-state index < -0.39 is 0 Å². The van der Waals surface area contributed by atoms with Gasteiger partial charge in [-0.25, -0.2) is 15.0 Å². The zero-order chi connectivity index (χ0) is 31.1. The van der Waals surface area contributed by atoms with Gasteiger partial charge in [0, 0.05) is 22.1 Å². The molecule has 11 rings (SSSR count). The monoisotopic (exact) mass is 604 g/mol. The smallest absolute Gasteiger partial charge is 0.164 e. The summed E-state index contributed by atoms with van der Waals surface area (Å²) in [5.41, 5.74) is 11.4. The lowest BCUT2D eigenvalue weighted by Crippen LogP contribution is -2.41. The van der Waals surface area contributed by atoms with Crippen LogP contribution in [-0.2, 0) is 5.41 Å². The molecular weight excluding hydrogens is 573 g/mol. The molecule has 6 aromatic rings.